The number of hydrogen-bond donors (Lipinski definition) is 2. The molecule has 0 spiro atoms. The van der Waals surface area contributed by atoms with Crippen molar-refractivity contribution in [3.63, 3.8) is 0 Å². The largest absolute Gasteiger partial charge is 0.349 e. The van der Waals surface area contributed by atoms with Crippen molar-refractivity contribution in [2.45, 2.75) is 59.4 Å². The summed E-state index contributed by atoms with van der Waals surface area (Å²) in [4.78, 5) is 12.4. The summed E-state index contributed by atoms with van der Waals surface area (Å²) in [6.45, 7) is 11.1. The fourth-order valence-corrected chi connectivity index (χ4v) is 2.61. The van der Waals surface area contributed by atoms with E-state index in [4.69, 9.17) is 5.73 Å². The smallest absolute Gasteiger partial charge is 0.224 e. The zero-order chi connectivity index (χ0) is 13.3. The molecule has 1 fully saturated rings. The molecule has 0 radical (unpaired) electrons. The first-order chi connectivity index (χ1) is 7.73. The Balaban J connectivity index is 2.72. The second-order valence-corrected chi connectivity index (χ2v) is 6.70. The molecule has 1 rings (SSSR count). The highest BCUT2D eigenvalue weighted by atomic mass is 16.2. The molecule has 0 aliphatic heterocycles. The quantitative estimate of drug-likeness (QED) is 0.792. The van der Waals surface area contributed by atoms with Crippen molar-refractivity contribution in [3.05, 3.63) is 0 Å². The van der Waals surface area contributed by atoms with Crippen LogP contribution in [0.15, 0.2) is 0 Å². The van der Waals surface area contributed by atoms with E-state index >= 15 is 0 Å². The van der Waals surface area contributed by atoms with Crippen LogP contribution in [0.4, 0.5) is 0 Å². The zero-order valence-electron chi connectivity index (χ0n) is 12.0. The SMILES string of the molecule is CC(C)C(C)(CN)NC(=O)C1CCCC1(C)C. The van der Waals surface area contributed by atoms with E-state index in [1.54, 1.807) is 0 Å². The number of nitrogens with one attached hydrogen (secondary N) is 1. The van der Waals surface area contributed by atoms with Crippen molar-refractivity contribution in [2.75, 3.05) is 6.54 Å². The van der Waals surface area contributed by atoms with Crippen molar-refractivity contribution >= 4 is 5.91 Å². The average molecular weight is 240 g/mol. The zero-order valence-corrected chi connectivity index (χ0v) is 12.0. The lowest BCUT2D eigenvalue weighted by Crippen LogP contribution is -2.57. The molecule has 1 saturated carbocycles. The predicted octanol–water partition coefficient (Wildman–Crippen LogP) is 2.30. The first-order valence-electron chi connectivity index (χ1n) is 6.75. The maximum atomic E-state index is 12.4. The van der Waals surface area contributed by atoms with Crippen LogP contribution in [0.5, 0.6) is 0 Å². The maximum Gasteiger partial charge on any atom is 0.224 e. The standard InChI is InChI=1S/C14H28N2O/c1-10(2)14(5,9-15)16-12(17)11-7-6-8-13(11,3)4/h10-11H,6-9,15H2,1-5H3,(H,16,17). The number of hydrogen-bond acceptors (Lipinski definition) is 2. The first-order valence-corrected chi connectivity index (χ1v) is 6.75. The lowest BCUT2D eigenvalue weighted by molar-refractivity contribution is -0.129. The molecule has 3 heteroatoms. The van der Waals surface area contributed by atoms with Gasteiger partial charge < -0.3 is 11.1 Å². The summed E-state index contributed by atoms with van der Waals surface area (Å²) in [5, 5.41) is 3.18. The molecule has 100 valence electrons. The molecule has 0 saturated heterocycles. The average Bonchev–Trinajstić information content (AvgIpc) is 2.57. The van der Waals surface area contributed by atoms with Crippen LogP contribution in [0, 0.1) is 17.3 Å². The van der Waals surface area contributed by atoms with E-state index in [2.05, 4.69) is 33.0 Å². The van der Waals surface area contributed by atoms with Gasteiger partial charge in [0.1, 0.15) is 0 Å². The summed E-state index contributed by atoms with van der Waals surface area (Å²) < 4.78 is 0. The van der Waals surface area contributed by atoms with Crippen LogP contribution in [0.2, 0.25) is 0 Å². The highest BCUT2D eigenvalue weighted by molar-refractivity contribution is 5.80. The molecule has 0 bridgehead atoms. The molecular formula is C14H28N2O. The van der Waals surface area contributed by atoms with E-state index in [1.165, 1.54) is 0 Å². The van der Waals surface area contributed by atoms with Gasteiger partial charge in [0.25, 0.3) is 0 Å². The van der Waals surface area contributed by atoms with Crippen LogP contribution in [0.3, 0.4) is 0 Å². The van der Waals surface area contributed by atoms with Crippen LogP contribution in [0.1, 0.15) is 53.9 Å². The van der Waals surface area contributed by atoms with Gasteiger partial charge in [0, 0.05) is 12.5 Å². The number of carbonyl (C=O) groups excluding carboxylic acids is 1. The molecule has 3 nitrogen and oxygen atoms in total. The van der Waals surface area contributed by atoms with Gasteiger partial charge in [-0.25, -0.2) is 0 Å². The van der Waals surface area contributed by atoms with Crippen molar-refractivity contribution in [1.82, 2.24) is 5.32 Å². The Hall–Kier alpha value is -0.570. The van der Waals surface area contributed by atoms with Crippen molar-refractivity contribution < 1.29 is 4.79 Å². The third-order valence-electron chi connectivity index (χ3n) is 4.68. The van der Waals surface area contributed by atoms with E-state index in [0.717, 1.165) is 19.3 Å². The lowest BCUT2D eigenvalue weighted by Gasteiger charge is -2.36. The number of carbonyl (C=O) groups is 1. The predicted molar refractivity (Wildman–Crippen MR) is 71.6 cm³/mol. The second kappa shape index (κ2) is 4.97. The molecule has 17 heavy (non-hydrogen) atoms. The number of rotatable bonds is 4. The summed E-state index contributed by atoms with van der Waals surface area (Å²) in [5.74, 6) is 0.683. The normalized spacial score (nSPS) is 26.9. The molecule has 2 unspecified atom stereocenters. The Kier molecular flexibility index (Phi) is 4.23. The topological polar surface area (TPSA) is 55.1 Å². The highest BCUT2D eigenvalue weighted by Crippen LogP contribution is 2.42. The molecule has 2 atom stereocenters. The molecule has 0 aromatic heterocycles. The summed E-state index contributed by atoms with van der Waals surface area (Å²) in [6.07, 6.45) is 3.32. The van der Waals surface area contributed by atoms with Crippen LogP contribution in [-0.2, 0) is 4.79 Å². The third kappa shape index (κ3) is 3.01. The molecule has 1 aliphatic carbocycles. The molecule has 3 N–H and O–H groups in total. The third-order valence-corrected chi connectivity index (χ3v) is 4.68. The summed E-state index contributed by atoms with van der Waals surface area (Å²) >= 11 is 0. The van der Waals surface area contributed by atoms with E-state index in [1.807, 2.05) is 6.92 Å². The van der Waals surface area contributed by atoms with E-state index < -0.39 is 0 Å². The minimum absolute atomic E-state index is 0.135. The van der Waals surface area contributed by atoms with Gasteiger partial charge in [-0.3, -0.25) is 4.79 Å². The Morgan fingerprint density at radius 1 is 1.53 bits per heavy atom. The van der Waals surface area contributed by atoms with Gasteiger partial charge in [-0.2, -0.15) is 0 Å². The summed E-state index contributed by atoms with van der Waals surface area (Å²) in [6, 6.07) is 0. The van der Waals surface area contributed by atoms with Gasteiger partial charge in [-0.1, -0.05) is 34.1 Å². The van der Waals surface area contributed by atoms with E-state index in [9.17, 15) is 4.79 Å². The molecular weight excluding hydrogens is 212 g/mol. The van der Waals surface area contributed by atoms with Gasteiger partial charge in [0.05, 0.1) is 5.54 Å². The maximum absolute atomic E-state index is 12.4. The molecule has 1 aliphatic rings. The summed E-state index contributed by atoms with van der Waals surface area (Å²) in [5.41, 5.74) is 5.66. The van der Waals surface area contributed by atoms with Gasteiger partial charge in [-0.15, -0.1) is 0 Å². The molecule has 1 amide bonds. The number of nitrogens with two attached hydrogens (primary N) is 1. The Morgan fingerprint density at radius 2 is 2.12 bits per heavy atom. The van der Waals surface area contributed by atoms with Gasteiger partial charge in [0.15, 0.2) is 0 Å². The second-order valence-electron chi connectivity index (χ2n) is 6.70. The monoisotopic (exact) mass is 240 g/mol. The van der Waals surface area contributed by atoms with Crippen LogP contribution in [-0.4, -0.2) is 18.0 Å². The Labute approximate surface area is 106 Å². The van der Waals surface area contributed by atoms with E-state index in [-0.39, 0.29) is 22.8 Å². The fourth-order valence-electron chi connectivity index (χ4n) is 2.61. The lowest BCUT2D eigenvalue weighted by atomic mass is 9.80. The van der Waals surface area contributed by atoms with Gasteiger partial charge in [-0.05, 0) is 31.1 Å². The molecule has 0 aromatic rings. The Morgan fingerprint density at radius 3 is 2.47 bits per heavy atom. The first kappa shape index (κ1) is 14.5. The van der Waals surface area contributed by atoms with Gasteiger partial charge in [0.2, 0.25) is 5.91 Å². The van der Waals surface area contributed by atoms with Crippen molar-refractivity contribution in [2.24, 2.45) is 23.0 Å². The van der Waals surface area contributed by atoms with Crippen LogP contribution in [0.25, 0.3) is 0 Å². The molecule has 0 heterocycles. The summed E-state index contributed by atoms with van der Waals surface area (Å²) in [7, 11) is 0. The van der Waals surface area contributed by atoms with Crippen molar-refractivity contribution in [3.8, 4) is 0 Å². The van der Waals surface area contributed by atoms with Crippen molar-refractivity contribution in [1.29, 1.82) is 0 Å². The highest BCUT2D eigenvalue weighted by Gasteiger charge is 2.41. The minimum Gasteiger partial charge on any atom is -0.349 e. The molecule has 0 aromatic carbocycles. The van der Waals surface area contributed by atoms with E-state index in [0.29, 0.717) is 12.5 Å². The minimum atomic E-state index is -0.282. The Bertz CT molecular complexity index is 286. The van der Waals surface area contributed by atoms with Crippen LogP contribution >= 0.6 is 0 Å². The number of amides is 1. The fraction of sp³-hybridized carbons (Fsp3) is 0.929. The van der Waals surface area contributed by atoms with Gasteiger partial charge >= 0.3 is 0 Å². The van der Waals surface area contributed by atoms with Crippen LogP contribution < -0.4 is 11.1 Å².